The molecule has 0 fully saturated rings. The van der Waals surface area contributed by atoms with Crippen LogP contribution in [0.25, 0.3) is 0 Å². The monoisotopic (exact) mass is 722 g/mol. The maximum absolute atomic E-state index is 12.4. The lowest BCUT2D eigenvalue weighted by molar-refractivity contribution is -0.124. The molecule has 0 aromatic carbocycles. The van der Waals surface area contributed by atoms with Crippen LogP contribution >= 0.6 is 0 Å². The van der Waals surface area contributed by atoms with E-state index in [4.69, 9.17) is 0 Å². The number of aliphatic hydroxyl groups is 3. The molecule has 1 amide bonds. The number of hydrogen-bond donors (Lipinski definition) is 4. The first-order valence-electron chi connectivity index (χ1n) is 23.0. The van der Waals surface area contributed by atoms with Gasteiger partial charge in [0.1, 0.15) is 6.10 Å². The third kappa shape index (κ3) is 37.2. The number of rotatable bonds is 42. The number of allylic oxidation sites excluding steroid dienone is 2. The first-order valence-corrected chi connectivity index (χ1v) is 23.0. The molecule has 0 aliphatic rings. The highest BCUT2D eigenvalue weighted by Crippen LogP contribution is 2.17. The average molecular weight is 722 g/mol. The Morgan fingerprint density at radius 3 is 1.14 bits per heavy atom. The van der Waals surface area contributed by atoms with Crippen LogP contribution in [0.5, 0.6) is 0 Å². The van der Waals surface area contributed by atoms with Gasteiger partial charge in [0.2, 0.25) is 5.91 Å². The average Bonchev–Trinajstić information content (AvgIpc) is 3.13. The van der Waals surface area contributed by atoms with E-state index in [-0.39, 0.29) is 12.5 Å². The van der Waals surface area contributed by atoms with Crippen molar-refractivity contribution < 1.29 is 20.1 Å². The van der Waals surface area contributed by atoms with Crippen molar-refractivity contribution in [2.45, 2.75) is 270 Å². The minimum Gasteiger partial charge on any atom is -0.394 e. The van der Waals surface area contributed by atoms with Crippen molar-refractivity contribution in [1.82, 2.24) is 5.32 Å². The van der Waals surface area contributed by atoms with Crippen molar-refractivity contribution in [3.63, 3.8) is 0 Å². The van der Waals surface area contributed by atoms with E-state index < -0.39 is 18.2 Å². The molecule has 3 unspecified atom stereocenters. The highest BCUT2D eigenvalue weighted by molar-refractivity contribution is 5.76. The lowest BCUT2D eigenvalue weighted by Crippen LogP contribution is -2.50. The van der Waals surface area contributed by atoms with E-state index in [1.54, 1.807) is 0 Å². The van der Waals surface area contributed by atoms with Crippen molar-refractivity contribution >= 4 is 5.91 Å². The summed E-state index contributed by atoms with van der Waals surface area (Å²) >= 11 is 0. The summed E-state index contributed by atoms with van der Waals surface area (Å²) in [6, 6.07) is -0.819. The second-order valence-electron chi connectivity index (χ2n) is 16.0. The van der Waals surface area contributed by atoms with Crippen molar-refractivity contribution in [3.8, 4) is 0 Å². The Labute approximate surface area is 319 Å². The summed E-state index contributed by atoms with van der Waals surface area (Å²) in [4.78, 5) is 12.4. The molecule has 0 aliphatic carbocycles. The summed E-state index contributed by atoms with van der Waals surface area (Å²) in [7, 11) is 0. The quantitative estimate of drug-likeness (QED) is 0.0373. The molecule has 0 saturated heterocycles. The molecule has 4 N–H and O–H groups in total. The minimum absolute atomic E-state index is 0.151. The zero-order valence-corrected chi connectivity index (χ0v) is 34.5. The smallest absolute Gasteiger partial charge is 0.220 e. The van der Waals surface area contributed by atoms with Gasteiger partial charge in [0.05, 0.1) is 18.8 Å². The number of nitrogens with one attached hydrogen (secondary N) is 1. The van der Waals surface area contributed by atoms with Crippen LogP contribution in [0.15, 0.2) is 12.2 Å². The Kier molecular flexibility index (Phi) is 41.1. The molecule has 51 heavy (non-hydrogen) atoms. The van der Waals surface area contributed by atoms with Gasteiger partial charge in [-0.3, -0.25) is 4.79 Å². The molecule has 0 heterocycles. The normalized spacial score (nSPS) is 13.6. The first-order chi connectivity index (χ1) is 25.1. The van der Waals surface area contributed by atoms with Crippen LogP contribution < -0.4 is 5.32 Å². The molecule has 0 aromatic heterocycles. The first kappa shape index (κ1) is 50.1. The second kappa shape index (κ2) is 41.8. The largest absolute Gasteiger partial charge is 0.394 e. The number of unbranched alkanes of at least 4 members (excludes halogenated alkanes) is 32. The Hall–Kier alpha value is -0.910. The summed E-state index contributed by atoms with van der Waals surface area (Å²) in [5.41, 5.74) is 0. The number of carbonyl (C=O) groups is 1. The molecule has 3 atom stereocenters. The topological polar surface area (TPSA) is 89.8 Å². The summed E-state index contributed by atoms with van der Waals surface area (Å²) in [6.45, 7) is 4.15. The van der Waals surface area contributed by atoms with Crippen LogP contribution in [0.2, 0.25) is 0 Å². The van der Waals surface area contributed by atoms with Gasteiger partial charge in [-0.2, -0.15) is 0 Å². The van der Waals surface area contributed by atoms with Crippen molar-refractivity contribution in [1.29, 1.82) is 0 Å². The molecular formula is C46H91NO4. The maximum atomic E-state index is 12.4. The maximum Gasteiger partial charge on any atom is 0.220 e. The van der Waals surface area contributed by atoms with Crippen LogP contribution in [0.1, 0.15) is 251 Å². The highest BCUT2D eigenvalue weighted by Gasteiger charge is 2.26. The lowest BCUT2D eigenvalue weighted by atomic mass is 10.0. The Bertz CT molecular complexity index is 713. The molecule has 0 saturated carbocycles. The van der Waals surface area contributed by atoms with Gasteiger partial charge in [-0.15, -0.1) is 0 Å². The standard InChI is InChI=1S/C46H91NO4/c1-3-5-7-9-11-13-15-16-17-18-19-20-21-22-23-24-25-26-27-28-29-30-31-33-35-37-39-41-45(50)47-43(42-48)46(51)44(49)40-38-36-34-32-14-12-10-8-6-4-2/h32,34,43-44,46,48-49,51H,3-31,33,35-42H2,1-2H3,(H,47,50)/b34-32+. The van der Waals surface area contributed by atoms with E-state index in [1.165, 1.54) is 186 Å². The molecule has 5 heteroatoms. The molecule has 304 valence electrons. The van der Waals surface area contributed by atoms with Gasteiger partial charge < -0.3 is 20.6 Å². The molecule has 0 aromatic rings. The van der Waals surface area contributed by atoms with Gasteiger partial charge in [-0.05, 0) is 38.5 Å². The lowest BCUT2D eigenvalue weighted by Gasteiger charge is -2.26. The van der Waals surface area contributed by atoms with Gasteiger partial charge in [0.15, 0.2) is 0 Å². The molecular weight excluding hydrogens is 631 g/mol. The summed E-state index contributed by atoms with van der Waals surface area (Å²) in [6.07, 6.45) is 49.2. The predicted molar refractivity (Wildman–Crippen MR) is 222 cm³/mol. The zero-order chi connectivity index (χ0) is 37.3. The van der Waals surface area contributed by atoms with E-state index in [9.17, 15) is 20.1 Å². The number of aliphatic hydroxyl groups excluding tert-OH is 3. The molecule has 0 radical (unpaired) electrons. The van der Waals surface area contributed by atoms with Gasteiger partial charge in [0, 0.05) is 6.42 Å². The van der Waals surface area contributed by atoms with Crippen LogP contribution in [-0.4, -0.2) is 46.1 Å². The van der Waals surface area contributed by atoms with Crippen LogP contribution in [-0.2, 0) is 4.79 Å². The zero-order valence-electron chi connectivity index (χ0n) is 34.5. The van der Waals surface area contributed by atoms with Crippen LogP contribution in [0.4, 0.5) is 0 Å². The summed E-state index contributed by atoms with van der Waals surface area (Å²) in [5, 5.41) is 33.4. The fraction of sp³-hybridized carbons (Fsp3) is 0.935. The van der Waals surface area contributed by atoms with Gasteiger partial charge in [-0.25, -0.2) is 0 Å². The Morgan fingerprint density at radius 1 is 0.471 bits per heavy atom. The number of hydrogen-bond acceptors (Lipinski definition) is 4. The van der Waals surface area contributed by atoms with Crippen LogP contribution in [0.3, 0.4) is 0 Å². The molecule has 0 aliphatic heterocycles. The van der Waals surface area contributed by atoms with Crippen LogP contribution in [0, 0.1) is 0 Å². The van der Waals surface area contributed by atoms with E-state index in [1.807, 2.05) is 0 Å². The van der Waals surface area contributed by atoms with E-state index in [0.717, 1.165) is 38.5 Å². The number of carbonyl (C=O) groups excluding carboxylic acids is 1. The highest BCUT2D eigenvalue weighted by atomic mass is 16.3. The Balaban J connectivity index is 3.49. The van der Waals surface area contributed by atoms with E-state index in [2.05, 4.69) is 31.3 Å². The Morgan fingerprint density at radius 2 is 0.784 bits per heavy atom. The van der Waals surface area contributed by atoms with Crippen molar-refractivity contribution in [3.05, 3.63) is 12.2 Å². The summed E-state index contributed by atoms with van der Waals surface area (Å²) in [5.74, 6) is -0.151. The SMILES string of the molecule is CCCCCCC/C=C/CCCC(O)C(O)C(CO)NC(=O)CCCCCCCCCCCCCCCCCCCCCCCCCCCCC. The molecule has 0 rings (SSSR count). The van der Waals surface area contributed by atoms with Gasteiger partial charge in [0.25, 0.3) is 0 Å². The third-order valence-corrected chi connectivity index (χ3v) is 10.9. The van der Waals surface area contributed by atoms with E-state index >= 15 is 0 Å². The fourth-order valence-electron chi connectivity index (χ4n) is 7.28. The van der Waals surface area contributed by atoms with Crippen molar-refractivity contribution in [2.75, 3.05) is 6.61 Å². The predicted octanol–water partition coefficient (Wildman–Crippen LogP) is 13.2. The molecule has 0 bridgehead atoms. The van der Waals surface area contributed by atoms with Gasteiger partial charge >= 0.3 is 0 Å². The number of amides is 1. The van der Waals surface area contributed by atoms with Crippen molar-refractivity contribution in [2.24, 2.45) is 0 Å². The molecule has 0 spiro atoms. The van der Waals surface area contributed by atoms with E-state index in [0.29, 0.717) is 12.8 Å². The molecule has 5 nitrogen and oxygen atoms in total. The minimum atomic E-state index is -1.15. The van der Waals surface area contributed by atoms with Gasteiger partial charge in [-0.1, -0.05) is 219 Å². The summed E-state index contributed by atoms with van der Waals surface area (Å²) < 4.78 is 0. The second-order valence-corrected chi connectivity index (χ2v) is 16.0. The third-order valence-electron chi connectivity index (χ3n) is 10.9. The fourth-order valence-corrected chi connectivity index (χ4v) is 7.28.